The Morgan fingerprint density at radius 1 is 1.04 bits per heavy atom. The van der Waals surface area contributed by atoms with Crippen molar-refractivity contribution >= 4 is 33.4 Å². The summed E-state index contributed by atoms with van der Waals surface area (Å²) < 4.78 is 0.953. The average molecular weight is 446 g/mol. The Kier molecular flexibility index (Phi) is 6.57. The highest BCUT2D eigenvalue weighted by atomic mass is 79.9. The third kappa shape index (κ3) is 5.25. The van der Waals surface area contributed by atoms with Crippen LogP contribution < -0.4 is 10.2 Å². The van der Waals surface area contributed by atoms with Gasteiger partial charge in [0, 0.05) is 43.3 Å². The maximum atomic E-state index is 12.8. The van der Waals surface area contributed by atoms with Crippen LogP contribution in [0.1, 0.15) is 24.9 Å². The largest absolute Gasteiger partial charge is 0.508 e. The fourth-order valence-corrected chi connectivity index (χ4v) is 3.64. The van der Waals surface area contributed by atoms with Crippen molar-refractivity contribution in [1.29, 1.82) is 0 Å². The van der Waals surface area contributed by atoms with Gasteiger partial charge in [0.15, 0.2) is 0 Å². The number of halogens is 1. The second-order valence-electron chi connectivity index (χ2n) is 6.89. The van der Waals surface area contributed by atoms with Crippen molar-refractivity contribution in [3.8, 4) is 5.75 Å². The van der Waals surface area contributed by atoms with Crippen LogP contribution in [-0.4, -0.2) is 48.0 Å². The number of carbonyl (C=O) groups excluding carboxylic acids is 2. The normalized spacial score (nSPS) is 15.2. The zero-order valence-corrected chi connectivity index (χ0v) is 17.4. The van der Waals surface area contributed by atoms with E-state index in [0.717, 1.165) is 28.8 Å². The first kappa shape index (κ1) is 20.2. The lowest BCUT2D eigenvalue weighted by molar-refractivity contribution is -0.132. The number of hydrogen-bond donors (Lipinski definition) is 2. The smallest absolute Gasteiger partial charge is 0.225 e. The van der Waals surface area contributed by atoms with Crippen molar-refractivity contribution in [2.75, 3.05) is 31.1 Å². The molecule has 0 aliphatic carbocycles. The number of phenolic OH excluding ortho intramolecular Hbond substituents is 1. The minimum Gasteiger partial charge on any atom is -0.508 e. The molecule has 28 heavy (non-hydrogen) atoms. The lowest BCUT2D eigenvalue weighted by Gasteiger charge is -2.36. The van der Waals surface area contributed by atoms with E-state index in [2.05, 4.69) is 26.1 Å². The number of rotatable bonds is 5. The van der Waals surface area contributed by atoms with Crippen LogP contribution in [0.3, 0.4) is 0 Å². The summed E-state index contributed by atoms with van der Waals surface area (Å²) in [6.07, 6.45) is 0.237. The molecule has 6 nitrogen and oxygen atoms in total. The van der Waals surface area contributed by atoms with Crippen LogP contribution in [0.15, 0.2) is 53.0 Å². The number of piperazine rings is 1. The maximum absolute atomic E-state index is 12.8. The molecule has 1 atom stereocenters. The molecule has 148 valence electrons. The Morgan fingerprint density at radius 3 is 2.21 bits per heavy atom. The minimum atomic E-state index is -0.340. The Hall–Kier alpha value is -2.54. The Balaban J connectivity index is 1.60. The summed E-state index contributed by atoms with van der Waals surface area (Å²) in [5, 5.41) is 12.3. The minimum absolute atomic E-state index is 0.0343. The van der Waals surface area contributed by atoms with Gasteiger partial charge in [0.05, 0.1) is 12.5 Å². The highest BCUT2D eigenvalue weighted by Gasteiger charge is 2.25. The summed E-state index contributed by atoms with van der Waals surface area (Å²) in [5.41, 5.74) is 1.95. The number of carbonyl (C=O) groups is 2. The number of amides is 2. The van der Waals surface area contributed by atoms with Gasteiger partial charge in [0.1, 0.15) is 5.75 Å². The molecule has 0 radical (unpaired) electrons. The summed E-state index contributed by atoms with van der Waals surface area (Å²) in [4.78, 5) is 28.5. The highest BCUT2D eigenvalue weighted by Crippen LogP contribution is 2.23. The molecular weight excluding hydrogens is 422 g/mol. The number of benzene rings is 2. The molecule has 2 N–H and O–H groups in total. The quantitative estimate of drug-likeness (QED) is 0.741. The van der Waals surface area contributed by atoms with Gasteiger partial charge >= 0.3 is 0 Å². The van der Waals surface area contributed by atoms with Crippen LogP contribution in [0.5, 0.6) is 5.75 Å². The van der Waals surface area contributed by atoms with Crippen molar-refractivity contribution in [2.24, 2.45) is 0 Å². The van der Waals surface area contributed by atoms with Crippen molar-refractivity contribution < 1.29 is 14.7 Å². The zero-order valence-electron chi connectivity index (χ0n) is 15.8. The first-order valence-corrected chi connectivity index (χ1v) is 10.1. The molecule has 3 rings (SSSR count). The molecule has 1 aliphatic rings. The standard InChI is InChI=1S/C21H24BrN3O3/c1-15(26)23-20(16-2-4-17(22)5-3-16)14-21(28)25-12-10-24(11-13-25)18-6-8-19(27)9-7-18/h2-9,20,27H,10-14H2,1H3,(H,23,26). The molecule has 0 spiro atoms. The number of hydrogen-bond acceptors (Lipinski definition) is 4. The molecule has 0 aromatic heterocycles. The highest BCUT2D eigenvalue weighted by molar-refractivity contribution is 9.10. The molecule has 1 unspecified atom stereocenters. The van der Waals surface area contributed by atoms with Crippen molar-refractivity contribution in [3.05, 3.63) is 58.6 Å². The lowest BCUT2D eigenvalue weighted by atomic mass is 10.0. The Bertz CT molecular complexity index is 816. The monoisotopic (exact) mass is 445 g/mol. The predicted molar refractivity (Wildman–Crippen MR) is 112 cm³/mol. The van der Waals surface area contributed by atoms with Crippen molar-refractivity contribution in [3.63, 3.8) is 0 Å². The van der Waals surface area contributed by atoms with Crippen LogP contribution in [0, 0.1) is 0 Å². The van der Waals surface area contributed by atoms with E-state index in [4.69, 9.17) is 0 Å². The van der Waals surface area contributed by atoms with E-state index in [1.165, 1.54) is 6.92 Å². The molecule has 1 saturated heterocycles. The molecule has 2 amide bonds. The molecular formula is C21H24BrN3O3. The van der Waals surface area contributed by atoms with E-state index in [-0.39, 0.29) is 30.0 Å². The second kappa shape index (κ2) is 9.10. The van der Waals surface area contributed by atoms with Gasteiger partial charge in [-0.3, -0.25) is 9.59 Å². The molecule has 1 fully saturated rings. The molecule has 2 aromatic carbocycles. The lowest BCUT2D eigenvalue weighted by Crippen LogP contribution is -2.49. The van der Waals surface area contributed by atoms with Gasteiger partial charge in [-0.25, -0.2) is 0 Å². The molecule has 1 heterocycles. The third-order valence-electron chi connectivity index (χ3n) is 4.88. The van der Waals surface area contributed by atoms with Gasteiger partial charge in [0.2, 0.25) is 11.8 Å². The Labute approximate surface area is 173 Å². The van der Waals surface area contributed by atoms with Crippen molar-refractivity contribution in [1.82, 2.24) is 10.2 Å². The van der Waals surface area contributed by atoms with Gasteiger partial charge in [0.25, 0.3) is 0 Å². The number of phenols is 1. The predicted octanol–water partition coefficient (Wildman–Crippen LogP) is 3.07. The van der Waals surface area contributed by atoms with E-state index in [1.807, 2.05) is 41.3 Å². The number of nitrogens with one attached hydrogen (secondary N) is 1. The van der Waals surface area contributed by atoms with Gasteiger partial charge in [-0.2, -0.15) is 0 Å². The second-order valence-corrected chi connectivity index (χ2v) is 7.81. The zero-order chi connectivity index (χ0) is 20.1. The first-order chi connectivity index (χ1) is 13.4. The fraction of sp³-hybridized carbons (Fsp3) is 0.333. The summed E-state index contributed by atoms with van der Waals surface area (Å²) in [5.74, 6) is 0.124. The molecule has 2 aromatic rings. The van der Waals surface area contributed by atoms with E-state index >= 15 is 0 Å². The van der Waals surface area contributed by atoms with Crippen molar-refractivity contribution in [2.45, 2.75) is 19.4 Å². The first-order valence-electron chi connectivity index (χ1n) is 9.26. The van der Waals surface area contributed by atoms with Crippen LogP contribution >= 0.6 is 15.9 Å². The third-order valence-corrected chi connectivity index (χ3v) is 5.40. The summed E-state index contributed by atoms with van der Waals surface area (Å²) in [7, 11) is 0. The maximum Gasteiger partial charge on any atom is 0.225 e. The number of nitrogens with zero attached hydrogens (tertiary/aromatic N) is 2. The fourth-order valence-electron chi connectivity index (χ4n) is 3.37. The Morgan fingerprint density at radius 2 is 1.64 bits per heavy atom. The van der Waals surface area contributed by atoms with Crippen LogP contribution in [0.4, 0.5) is 5.69 Å². The molecule has 1 aliphatic heterocycles. The SMILES string of the molecule is CC(=O)NC(CC(=O)N1CCN(c2ccc(O)cc2)CC1)c1ccc(Br)cc1. The summed E-state index contributed by atoms with van der Waals surface area (Å²) in [6.45, 7) is 4.20. The van der Waals surface area contributed by atoms with Gasteiger partial charge in [-0.05, 0) is 42.0 Å². The van der Waals surface area contributed by atoms with Gasteiger partial charge < -0.3 is 20.2 Å². The molecule has 7 heteroatoms. The van der Waals surface area contributed by atoms with Crippen LogP contribution in [-0.2, 0) is 9.59 Å². The van der Waals surface area contributed by atoms with Crippen LogP contribution in [0.2, 0.25) is 0 Å². The molecule has 0 bridgehead atoms. The van der Waals surface area contributed by atoms with Gasteiger partial charge in [-0.15, -0.1) is 0 Å². The summed E-state index contributed by atoms with van der Waals surface area (Å²) >= 11 is 3.41. The van der Waals surface area contributed by atoms with E-state index in [1.54, 1.807) is 12.1 Å². The number of aromatic hydroxyl groups is 1. The molecule has 0 saturated carbocycles. The topological polar surface area (TPSA) is 72.9 Å². The van der Waals surface area contributed by atoms with E-state index < -0.39 is 0 Å². The van der Waals surface area contributed by atoms with E-state index in [0.29, 0.717) is 13.1 Å². The number of anilines is 1. The van der Waals surface area contributed by atoms with Gasteiger partial charge in [-0.1, -0.05) is 28.1 Å². The van der Waals surface area contributed by atoms with E-state index in [9.17, 15) is 14.7 Å². The average Bonchev–Trinajstić information content (AvgIpc) is 2.68. The van der Waals surface area contributed by atoms with Crippen LogP contribution in [0.25, 0.3) is 0 Å². The summed E-state index contributed by atoms with van der Waals surface area (Å²) in [6, 6.07) is 14.4.